The fraction of sp³-hybridized carbons (Fsp3) is 0.471. The van der Waals surface area contributed by atoms with Gasteiger partial charge in [-0.05, 0) is 43.5 Å². The number of carbonyl (C=O) groups is 3. The van der Waals surface area contributed by atoms with Gasteiger partial charge in [0.1, 0.15) is 6.04 Å². The van der Waals surface area contributed by atoms with E-state index in [0.29, 0.717) is 17.5 Å². The molecule has 0 bridgehead atoms. The van der Waals surface area contributed by atoms with E-state index >= 15 is 0 Å². The van der Waals surface area contributed by atoms with Gasteiger partial charge in [0, 0.05) is 17.2 Å². The van der Waals surface area contributed by atoms with Crippen molar-refractivity contribution in [3.8, 4) is 0 Å². The molecule has 1 aliphatic carbocycles. The normalized spacial score (nSPS) is 14.8. The average Bonchev–Trinajstić information content (AvgIpc) is 3.35. The summed E-state index contributed by atoms with van der Waals surface area (Å²) in [5, 5.41) is 14.5. The number of carboxylic acids is 1. The number of carbonyl (C=O) groups excluding carboxylic acids is 2. The van der Waals surface area contributed by atoms with Crippen LogP contribution in [0.4, 0.5) is 0 Å². The number of nitrogens with one attached hydrogen (secondary N) is 2. The van der Waals surface area contributed by atoms with E-state index < -0.39 is 17.9 Å². The molecule has 1 saturated carbocycles. The van der Waals surface area contributed by atoms with Gasteiger partial charge in [-0.1, -0.05) is 19.8 Å². The van der Waals surface area contributed by atoms with E-state index in [1.807, 2.05) is 6.92 Å². The number of hydrogen-bond acceptors (Lipinski definition) is 3. The van der Waals surface area contributed by atoms with Gasteiger partial charge in [0.25, 0.3) is 11.8 Å². The molecule has 124 valence electrons. The Morgan fingerprint density at radius 3 is 2.17 bits per heavy atom. The van der Waals surface area contributed by atoms with E-state index in [1.165, 1.54) is 12.1 Å². The summed E-state index contributed by atoms with van der Waals surface area (Å²) >= 11 is 0. The minimum atomic E-state index is -1.03. The molecule has 0 unspecified atom stereocenters. The maximum Gasteiger partial charge on any atom is 0.326 e. The molecule has 0 heterocycles. The third-order valence-electron chi connectivity index (χ3n) is 3.77. The first kappa shape index (κ1) is 17.0. The molecule has 0 spiro atoms. The van der Waals surface area contributed by atoms with Gasteiger partial charge in [-0.3, -0.25) is 9.59 Å². The van der Waals surface area contributed by atoms with Gasteiger partial charge in [-0.25, -0.2) is 4.79 Å². The summed E-state index contributed by atoms with van der Waals surface area (Å²) in [5.41, 5.74) is 0.838. The van der Waals surface area contributed by atoms with E-state index in [4.69, 9.17) is 5.11 Å². The van der Waals surface area contributed by atoms with Crippen LogP contribution in [0.25, 0.3) is 0 Å². The fourth-order valence-corrected chi connectivity index (χ4v) is 2.18. The van der Waals surface area contributed by atoms with E-state index in [2.05, 4.69) is 10.6 Å². The maximum atomic E-state index is 12.1. The van der Waals surface area contributed by atoms with Crippen molar-refractivity contribution in [1.82, 2.24) is 10.6 Å². The highest BCUT2D eigenvalue weighted by molar-refractivity contribution is 5.99. The zero-order valence-corrected chi connectivity index (χ0v) is 13.2. The Hall–Kier alpha value is -2.37. The number of unbranched alkanes of at least 4 members (excludes halogenated alkanes) is 1. The minimum Gasteiger partial charge on any atom is -0.480 e. The molecule has 1 fully saturated rings. The first-order chi connectivity index (χ1) is 11.0. The van der Waals surface area contributed by atoms with Crippen molar-refractivity contribution in [2.45, 2.75) is 51.1 Å². The Labute approximate surface area is 135 Å². The topological polar surface area (TPSA) is 95.5 Å². The van der Waals surface area contributed by atoms with E-state index in [-0.39, 0.29) is 11.9 Å². The van der Waals surface area contributed by atoms with Crippen LogP contribution in [0.1, 0.15) is 59.7 Å². The van der Waals surface area contributed by atoms with Crippen molar-refractivity contribution in [1.29, 1.82) is 0 Å². The highest BCUT2D eigenvalue weighted by Crippen LogP contribution is 2.19. The largest absolute Gasteiger partial charge is 0.480 e. The number of aliphatic carboxylic acids is 1. The predicted molar refractivity (Wildman–Crippen MR) is 85.3 cm³/mol. The molecule has 1 aliphatic rings. The molecule has 0 radical (unpaired) electrons. The molecule has 1 atom stereocenters. The molecule has 1 aromatic carbocycles. The van der Waals surface area contributed by atoms with Gasteiger partial charge in [-0.2, -0.15) is 0 Å². The van der Waals surface area contributed by atoms with Crippen LogP contribution in [0.5, 0.6) is 0 Å². The Morgan fingerprint density at radius 2 is 1.70 bits per heavy atom. The lowest BCUT2D eigenvalue weighted by Crippen LogP contribution is -2.40. The van der Waals surface area contributed by atoms with Crippen LogP contribution in [-0.2, 0) is 4.79 Å². The Kier molecular flexibility index (Phi) is 5.73. The van der Waals surface area contributed by atoms with Gasteiger partial charge in [0.15, 0.2) is 0 Å². The fourth-order valence-electron chi connectivity index (χ4n) is 2.18. The number of carboxylic acid groups (broad SMARTS) is 1. The number of rotatable bonds is 8. The van der Waals surface area contributed by atoms with Crippen molar-refractivity contribution in [3.05, 3.63) is 35.4 Å². The first-order valence-electron chi connectivity index (χ1n) is 7.96. The van der Waals surface area contributed by atoms with Crippen LogP contribution < -0.4 is 10.6 Å². The van der Waals surface area contributed by atoms with Crippen molar-refractivity contribution >= 4 is 17.8 Å². The third kappa shape index (κ3) is 5.09. The van der Waals surface area contributed by atoms with E-state index in [1.54, 1.807) is 12.1 Å². The summed E-state index contributed by atoms with van der Waals surface area (Å²) in [6, 6.07) is 5.62. The van der Waals surface area contributed by atoms with Crippen molar-refractivity contribution in [2.75, 3.05) is 0 Å². The SMILES string of the molecule is CCCC[C@H](NC(=O)c1ccc(C(=O)NC2CC2)cc1)C(=O)O. The molecule has 2 rings (SSSR count). The monoisotopic (exact) mass is 318 g/mol. The van der Waals surface area contributed by atoms with Crippen molar-refractivity contribution < 1.29 is 19.5 Å². The zero-order chi connectivity index (χ0) is 16.8. The standard InChI is InChI=1S/C17H22N2O4/c1-2-3-4-14(17(22)23)19-16(21)12-7-5-11(6-8-12)15(20)18-13-9-10-13/h5-8,13-14H,2-4,9-10H2,1H3,(H,18,20)(H,19,21)(H,22,23)/t14-/m0/s1. The summed E-state index contributed by atoms with van der Waals surface area (Å²) in [7, 11) is 0. The second-order valence-corrected chi connectivity index (χ2v) is 5.83. The summed E-state index contributed by atoms with van der Waals surface area (Å²) in [5.74, 6) is -1.62. The quantitative estimate of drug-likeness (QED) is 0.682. The molecular formula is C17H22N2O4. The van der Waals surface area contributed by atoms with Crippen LogP contribution in [0, 0.1) is 0 Å². The second kappa shape index (κ2) is 7.76. The van der Waals surface area contributed by atoms with Crippen LogP contribution in [0.3, 0.4) is 0 Å². The molecule has 1 aromatic rings. The smallest absolute Gasteiger partial charge is 0.326 e. The predicted octanol–water partition coefficient (Wildman–Crippen LogP) is 1.95. The summed E-state index contributed by atoms with van der Waals surface area (Å²) < 4.78 is 0. The lowest BCUT2D eigenvalue weighted by atomic mass is 10.1. The number of benzene rings is 1. The van der Waals surface area contributed by atoms with Gasteiger partial charge in [0.05, 0.1) is 0 Å². The van der Waals surface area contributed by atoms with Crippen LogP contribution in [0.15, 0.2) is 24.3 Å². The third-order valence-corrected chi connectivity index (χ3v) is 3.77. The molecule has 0 saturated heterocycles. The Morgan fingerprint density at radius 1 is 1.13 bits per heavy atom. The minimum absolute atomic E-state index is 0.147. The van der Waals surface area contributed by atoms with Gasteiger partial charge < -0.3 is 15.7 Å². The maximum absolute atomic E-state index is 12.1. The van der Waals surface area contributed by atoms with E-state index in [9.17, 15) is 14.4 Å². The van der Waals surface area contributed by atoms with E-state index in [0.717, 1.165) is 25.7 Å². The molecule has 23 heavy (non-hydrogen) atoms. The summed E-state index contributed by atoms with van der Waals surface area (Å²) in [6.07, 6.45) is 4.03. The Bertz CT molecular complexity index is 579. The number of hydrogen-bond donors (Lipinski definition) is 3. The second-order valence-electron chi connectivity index (χ2n) is 5.83. The van der Waals surface area contributed by atoms with Gasteiger partial charge >= 0.3 is 5.97 Å². The van der Waals surface area contributed by atoms with Crippen molar-refractivity contribution in [3.63, 3.8) is 0 Å². The average molecular weight is 318 g/mol. The summed E-state index contributed by atoms with van der Waals surface area (Å²) in [6.45, 7) is 1.96. The van der Waals surface area contributed by atoms with Crippen LogP contribution in [0.2, 0.25) is 0 Å². The molecule has 6 nitrogen and oxygen atoms in total. The highest BCUT2D eigenvalue weighted by atomic mass is 16.4. The Balaban J connectivity index is 1.95. The van der Waals surface area contributed by atoms with Gasteiger partial charge in [-0.15, -0.1) is 0 Å². The van der Waals surface area contributed by atoms with Gasteiger partial charge in [0.2, 0.25) is 0 Å². The molecule has 2 amide bonds. The molecular weight excluding hydrogens is 296 g/mol. The molecule has 6 heteroatoms. The summed E-state index contributed by atoms with van der Waals surface area (Å²) in [4.78, 5) is 35.1. The zero-order valence-electron chi connectivity index (χ0n) is 13.2. The number of amides is 2. The molecule has 0 aliphatic heterocycles. The lowest BCUT2D eigenvalue weighted by molar-refractivity contribution is -0.139. The highest BCUT2D eigenvalue weighted by Gasteiger charge is 2.24. The first-order valence-corrected chi connectivity index (χ1v) is 7.96. The molecule has 0 aromatic heterocycles. The van der Waals surface area contributed by atoms with Crippen LogP contribution >= 0.6 is 0 Å². The molecule has 3 N–H and O–H groups in total. The lowest BCUT2D eigenvalue weighted by Gasteiger charge is -2.14. The van der Waals surface area contributed by atoms with Crippen LogP contribution in [-0.4, -0.2) is 35.0 Å². The van der Waals surface area contributed by atoms with Crippen molar-refractivity contribution in [2.24, 2.45) is 0 Å².